The predicted molar refractivity (Wildman–Crippen MR) is 76.9 cm³/mol. The van der Waals surface area contributed by atoms with Gasteiger partial charge in [-0.3, -0.25) is 0 Å². The summed E-state index contributed by atoms with van der Waals surface area (Å²) in [6.45, 7) is 2.88. The lowest BCUT2D eigenvalue weighted by Gasteiger charge is -2.10. The van der Waals surface area contributed by atoms with Crippen molar-refractivity contribution in [1.29, 1.82) is 0 Å². The second-order valence-electron chi connectivity index (χ2n) is 4.84. The highest BCUT2D eigenvalue weighted by molar-refractivity contribution is 9.10. The van der Waals surface area contributed by atoms with Crippen LogP contribution in [0.2, 0.25) is 0 Å². The molecule has 0 aliphatic heterocycles. The van der Waals surface area contributed by atoms with Gasteiger partial charge < -0.3 is 9.88 Å². The number of nitrogens with one attached hydrogen (secondary N) is 1. The first-order chi connectivity index (χ1) is 8.72. The molecule has 1 fully saturated rings. The van der Waals surface area contributed by atoms with E-state index in [1.807, 2.05) is 13.0 Å². The SMILES string of the molecule is Cc1cn(Cc2ccccc2Br)c(NC2CC2)n1. The monoisotopic (exact) mass is 305 g/mol. The number of hydrogen-bond donors (Lipinski definition) is 1. The summed E-state index contributed by atoms with van der Waals surface area (Å²) in [6.07, 6.45) is 4.63. The van der Waals surface area contributed by atoms with Crippen molar-refractivity contribution in [3.05, 3.63) is 46.2 Å². The predicted octanol–water partition coefficient (Wildman–Crippen LogP) is 3.58. The number of hydrogen-bond acceptors (Lipinski definition) is 2. The molecular formula is C14H16BrN3. The van der Waals surface area contributed by atoms with Gasteiger partial charge in [-0.2, -0.15) is 0 Å². The molecule has 0 atom stereocenters. The molecule has 0 unspecified atom stereocenters. The minimum absolute atomic E-state index is 0.629. The highest BCUT2D eigenvalue weighted by Crippen LogP contribution is 2.25. The van der Waals surface area contributed by atoms with Crippen molar-refractivity contribution in [3.8, 4) is 0 Å². The van der Waals surface area contributed by atoms with E-state index in [1.54, 1.807) is 0 Å². The summed E-state index contributed by atoms with van der Waals surface area (Å²) in [4.78, 5) is 4.55. The van der Waals surface area contributed by atoms with Crippen molar-refractivity contribution in [2.75, 3.05) is 5.32 Å². The maximum atomic E-state index is 4.55. The number of rotatable bonds is 4. The third-order valence-electron chi connectivity index (χ3n) is 3.11. The third-order valence-corrected chi connectivity index (χ3v) is 3.88. The first-order valence-electron chi connectivity index (χ1n) is 6.26. The Bertz CT molecular complexity index is 558. The first kappa shape index (κ1) is 11.8. The van der Waals surface area contributed by atoms with Gasteiger partial charge in [-0.05, 0) is 31.4 Å². The summed E-state index contributed by atoms with van der Waals surface area (Å²) < 4.78 is 3.34. The smallest absolute Gasteiger partial charge is 0.203 e. The molecule has 1 heterocycles. The van der Waals surface area contributed by atoms with Gasteiger partial charge in [0.25, 0.3) is 0 Å². The van der Waals surface area contributed by atoms with E-state index in [4.69, 9.17) is 0 Å². The summed E-state index contributed by atoms with van der Waals surface area (Å²) in [5.41, 5.74) is 2.33. The molecule has 1 N–H and O–H groups in total. The fourth-order valence-electron chi connectivity index (χ4n) is 2.00. The number of anilines is 1. The van der Waals surface area contributed by atoms with Gasteiger partial charge in [0.2, 0.25) is 5.95 Å². The van der Waals surface area contributed by atoms with Crippen LogP contribution in [0.5, 0.6) is 0 Å². The van der Waals surface area contributed by atoms with Crippen LogP contribution in [0.25, 0.3) is 0 Å². The zero-order valence-electron chi connectivity index (χ0n) is 10.4. The number of aromatic nitrogens is 2. The van der Waals surface area contributed by atoms with Crippen molar-refractivity contribution >= 4 is 21.9 Å². The molecule has 0 spiro atoms. The molecular weight excluding hydrogens is 290 g/mol. The zero-order chi connectivity index (χ0) is 12.5. The number of benzene rings is 1. The van der Waals surface area contributed by atoms with Gasteiger partial charge in [0, 0.05) is 16.7 Å². The Balaban J connectivity index is 1.85. The standard InChI is InChI=1S/C14H16BrN3/c1-10-8-18(14(16-10)17-12-6-7-12)9-11-4-2-3-5-13(11)15/h2-5,8,12H,6-7,9H2,1H3,(H,16,17). The van der Waals surface area contributed by atoms with Crippen molar-refractivity contribution in [1.82, 2.24) is 9.55 Å². The second kappa shape index (κ2) is 4.76. The Labute approximate surface area is 115 Å². The molecule has 1 aliphatic rings. The largest absolute Gasteiger partial charge is 0.353 e. The quantitative estimate of drug-likeness (QED) is 0.936. The van der Waals surface area contributed by atoms with Crippen LogP contribution in [0.4, 0.5) is 5.95 Å². The number of aryl methyl sites for hydroxylation is 1. The summed E-state index contributed by atoms with van der Waals surface area (Å²) in [7, 11) is 0. The number of nitrogens with zero attached hydrogens (tertiary/aromatic N) is 2. The maximum absolute atomic E-state index is 4.55. The van der Waals surface area contributed by atoms with Crippen LogP contribution < -0.4 is 5.32 Å². The molecule has 0 saturated heterocycles. The summed E-state index contributed by atoms with van der Waals surface area (Å²) in [5.74, 6) is 0.991. The van der Waals surface area contributed by atoms with Gasteiger partial charge in [0.15, 0.2) is 0 Å². The molecule has 3 rings (SSSR count). The number of halogens is 1. The highest BCUT2D eigenvalue weighted by atomic mass is 79.9. The molecule has 1 aromatic heterocycles. The maximum Gasteiger partial charge on any atom is 0.203 e. The highest BCUT2D eigenvalue weighted by Gasteiger charge is 2.23. The fourth-order valence-corrected chi connectivity index (χ4v) is 2.41. The van der Waals surface area contributed by atoms with Crippen LogP contribution in [0.3, 0.4) is 0 Å². The Hall–Kier alpha value is -1.29. The van der Waals surface area contributed by atoms with E-state index in [2.05, 4.69) is 55.2 Å². The average molecular weight is 306 g/mol. The lowest BCUT2D eigenvalue weighted by Crippen LogP contribution is -2.09. The van der Waals surface area contributed by atoms with Crippen LogP contribution in [0.15, 0.2) is 34.9 Å². The molecule has 1 aliphatic carbocycles. The molecule has 3 nitrogen and oxygen atoms in total. The van der Waals surface area contributed by atoms with Crippen LogP contribution in [-0.2, 0) is 6.54 Å². The van der Waals surface area contributed by atoms with Gasteiger partial charge in [-0.15, -0.1) is 0 Å². The van der Waals surface area contributed by atoms with Crippen LogP contribution in [0.1, 0.15) is 24.1 Å². The number of imidazole rings is 1. The van der Waals surface area contributed by atoms with Gasteiger partial charge in [0.05, 0.1) is 12.2 Å². The second-order valence-corrected chi connectivity index (χ2v) is 5.70. The summed E-state index contributed by atoms with van der Waals surface area (Å²) in [5, 5.41) is 3.48. The van der Waals surface area contributed by atoms with Gasteiger partial charge >= 0.3 is 0 Å². The lowest BCUT2D eigenvalue weighted by atomic mass is 10.2. The molecule has 4 heteroatoms. The van der Waals surface area contributed by atoms with Gasteiger partial charge in [-0.25, -0.2) is 4.98 Å². The van der Waals surface area contributed by atoms with Crippen LogP contribution >= 0.6 is 15.9 Å². The van der Waals surface area contributed by atoms with Crippen molar-refractivity contribution in [2.24, 2.45) is 0 Å². The van der Waals surface area contributed by atoms with Crippen molar-refractivity contribution in [3.63, 3.8) is 0 Å². The Morgan fingerprint density at radius 2 is 2.17 bits per heavy atom. The molecule has 2 aromatic rings. The van der Waals surface area contributed by atoms with Gasteiger partial charge in [0.1, 0.15) is 0 Å². The first-order valence-corrected chi connectivity index (χ1v) is 7.05. The van der Waals surface area contributed by atoms with E-state index in [1.165, 1.54) is 18.4 Å². The molecule has 1 aromatic carbocycles. The third kappa shape index (κ3) is 2.58. The molecule has 0 bridgehead atoms. The Morgan fingerprint density at radius 1 is 1.39 bits per heavy atom. The molecule has 0 amide bonds. The van der Waals surface area contributed by atoms with E-state index in [9.17, 15) is 0 Å². The topological polar surface area (TPSA) is 29.9 Å². The van der Waals surface area contributed by atoms with E-state index in [0.29, 0.717) is 6.04 Å². The molecule has 1 saturated carbocycles. The molecule has 94 valence electrons. The molecule has 0 radical (unpaired) electrons. The fraction of sp³-hybridized carbons (Fsp3) is 0.357. The van der Waals surface area contributed by atoms with E-state index >= 15 is 0 Å². The van der Waals surface area contributed by atoms with Crippen molar-refractivity contribution in [2.45, 2.75) is 32.4 Å². The Morgan fingerprint density at radius 3 is 2.89 bits per heavy atom. The van der Waals surface area contributed by atoms with Gasteiger partial charge in [-0.1, -0.05) is 34.1 Å². The minimum atomic E-state index is 0.629. The van der Waals surface area contributed by atoms with E-state index < -0.39 is 0 Å². The summed E-state index contributed by atoms with van der Waals surface area (Å²) >= 11 is 3.59. The lowest BCUT2D eigenvalue weighted by molar-refractivity contribution is 0.793. The zero-order valence-corrected chi connectivity index (χ0v) is 11.9. The van der Waals surface area contributed by atoms with E-state index in [-0.39, 0.29) is 0 Å². The Kier molecular flexibility index (Phi) is 3.12. The molecule has 18 heavy (non-hydrogen) atoms. The minimum Gasteiger partial charge on any atom is -0.353 e. The normalized spacial score (nSPS) is 14.8. The van der Waals surface area contributed by atoms with Crippen molar-refractivity contribution < 1.29 is 0 Å². The average Bonchev–Trinajstić information content (AvgIpc) is 3.07. The van der Waals surface area contributed by atoms with Crippen LogP contribution in [-0.4, -0.2) is 15.6 Å². The van der Waals surface area contributed by atoms with E-state index in [0.717, 1.165) is 22.7 Å². The summed E-state index contributed by atoms with van der Waals surface area (Å²) in [6, 6.07) is 8.95. The van der Waals surface area contributed by atoms with Crippen LogP contribution in [0, 0.1) is 6.92 Å².